The first-order chi connectivity index (χ1) is 11.9. The van der Waals surface area contributed by atoms with Crippen molar-refractivity contribution >= 4 is 21.6 Å². The van der Waals surface area contributed by atoms with Crippen molar-refractivity contribution in [3.05, 3.63) is 29.8 Å². The van der Waals surface area contributed by atoms with E-state index in [0.29, 0.717) is 17.3 Å². The second-order valence-electron chi connectivity index (χ2n) is 7.39. The molecule has 1 fully saturated rings. The van der Waals surface area contributed by atoms with Gasteiger partial charge in [-0.05, 0) is 61.8 Å². The lowest BCUT2D eigenvalue weighted by Crippen LogP contribution is -2.40. The molecule has 1 aromatic rings. The van der Waals surface area contributed by atoms with Crippen LogP contribution < -0.4 is 4.72 Å². The Bertz CT molecular complexity index is 609. The monoisotopic (exact) mass is 386 g/mol. The number of hydrogen-bond acceptors (Lipinski definition) is 3. The Kier molecular flexibility index (Phi) is 8.20. The van der Waals surface area contributed by atoms with Crippen LogP contribution in [0.4, 0.5) is 0 Å². The highest BCUT2D eigenvalue weighted by molar-refractivity contribution is 7.89. The van der Waals surface area contributed by atoms with Gasteiger partial charge in [-0.3, -0.25) is 0 Å². The number of nitrogens with zero attached hydrogens (tertiary/aromatic N) is 1. The normalized spacial score (nSPS) is 22.2. The van der Waals surface area contributed by atoms with E-state index >= 15 is 0 Å². The number of sulfonamides is 1. The van der Waals surface area contributed by atoms with Gasteiger partial charge in [0.25, 0.3) is 0 Å². The van der Waals surface area contributed by atoms with Gasteiger partial charge in [0.15, 0.2) is 0 Å². The second-order valence-corrected chi connectivity index (χ2v) is 9.54. The van der Waals surface area contributed by atoms with Gasteiger partial charge in [0.05, 0.1) is 4.90 Å². The van der Waals surface area contributed by atoms with E-state index in [9.17, 15) is 8.42 Å². The summed E-state index contributed by atoms with van der Waals surface area (Å²) in [6, 6.07) is 7.11. The lowest BCUT2D eigenvalue weighted by molar-refractivity contribution is 0.140. The zero-order valence-corrected chi connectivity index (χ0v) is 17.0. The van der Waals surface area contributed by atoms with Crippen molar-refractivity contribution in [3.63, 3.8) is 0 Å². The predicted molar refractivity (Wildman–Crippen MR) is 105 cm³/mol. The van der Waals surface area contributed by atoms with Crippen LogP contribution in [0, 0.1) is 11.8 Å². The molecule has 25 heavy (non-hydrogen) atoms. The van der Waals surface area contributed by atoms with E-state index in [0.717, 1.165) is 56.3 Å². The van der Waals surface area contributed by atoms with Crippen LogP contribution in [0.2, 0.25) is 0 Å². The summed E-state index contributed by atoms with van der Waals surface area (Å²) in [5.41, 5.74) is 1.12. The van der Waals surface area contributed by atoms with Crippen LogP contribution in [0.3, 0.4) is 0 Å². The maximum absolute atomic E-state index is 12.4. The Labute approximate surface area is 158 Å². The Morgan fingerprint density at radius 2 is 1.76 bits per heavy atom. The van der Waals surface area contributed by atoms with Gasteiger partial charge in [-0.15, -0.1) is 11.6 Å². The molecule has 4 nitrogen and oxygen atoms in total. The van der Waals surface area contributed by atoms with E-state index < -0.39 is 10.0 Å². The fraction of sp³-hybridized carbons (Fsp3) is 0.684. The number of likely N-dealkylation sites (tertiary alicyclic amines) is 1. The Balaban J connectivity index is 1.77. The quantitative estimate of drug-likeness (QED) is 0.522. The van der Waals surface area contributed by atoms with Gasteiger partial charge in [-0.2, -0.15) is 0 Å². The number of piperidine rings is 1. The minimum Gasteiger partial charge on any atom is -0.303 e. The van der Waals surface area contributed by atoms with E-state index in [-0.39, 0.29) is 0 Å². The van der Waals surface area contributed by atoms with Crippen molar-refractivity contribution in [1.82, 2.24) is 9.62 Å². The molecular formula is C19H31ClN2O2S. The minimum absolute atomic E-state index is 0.336. The lowest BCUT2D eigenvalue weighted by atomic mass is 9.92. The van der Waals surface area contributed by atoms with Crippen LogP contribution in [-0.4, -0.2) is 45.4 Å². The van der Waals surface area contributed by atoms with Crippen molar-refractivity contribution in [3.8, 4) is 0 Å². The highest BCUT2D eigenvalue weighted by atomic mass is 35.5. The van der Waals surface area contributed by atoms with Crippen molar-refractivity contribution < 1.29 is 8.42 Å². The predicted octanol–water partition coefficient (Wildman–Crippen LogP) is 3.50. The first kappa shape index (κ1) is 20.7. The molecule has 0 aromatic heterocycles. The van der Waals surface area contributed by atoms with Crippen molar-refractivity contribution in [1.29, 1.82) is 0 Å². The number of aryl methyl sites for hydroxylation is 1. The van der Waals surface area contributed by atoms with Gasteiger partial charge in [-0.1, -0.05) is 26.0 Å². The molecule has 1 N–H and O–H groups in total. The van der Waals surface area contributed by atoms with Gasteiger partial charge in [0.1, 0.15) is 0 Å². The Hall–Kier alpha value is -0.620. The molecule has 1 aliphatic rings. The maximum Gasteiger partial charge on any atom is 0.240 e. The highest BCUT2D eigenvalue weighted by Gasteiger charge is 2.21. The molecule has 1 saturated heterocycles. The summed E-state index contributed by atoms with van der Waals surface area (Å²) >= 11 is 5.69. The standard InChI is InChI=1S/C19H31ClN2O2S/c1-16-13-17(2)15-22(14-16)12-4-11-21-25(23,24)19-8-6-18(7-9-19)5-3-10-20/h6-9,16-17,21H,3-5,10-15H2,1-2H3. The molecule has 0 aliphatic carbocycles. The van der Waals surface area contributed by atoms with Gasteiger partial charge < -0.3 is 4.90 Å². The number of alkyl halides is 1. The summed E-state index contributed by atoms with van der Waals surface area (Å²) in [7, 11) is -3.42. The third-order valence-electron chi connectivity index (χ3n) is 4.72. The van der Waals surface area contributed by atoms with Gasteiger partial charge in [-0.25, -0.2) is 13.1 Å². The Morgan fingerprint density at radius 1 is 1.12 bits per heavy atom. The summed E-state index contributed by atoms with van der Waals surface area (Å²) in [6.45, 7) is 8.27. The van der Waals surface area contributed by atoms with Crippen LogP contribution >= 0.6 is 11.6 Å². The zero-order chi connectivity index (χ0) is 18.3. The number of rotatable bonds is 9. The average molecular weight is 387 g/mol. The lowest BCUT2D eigenvalue weighted by Gasteiger charge is -2.34. The molecule has 1 aromatic carbocycles. The smallest absolute Gasteiger partial charge is 0.240 e. The van der Waals surface area contributed by atoms with E-state index in [4.69, 9.17) is 11.6 Å². The van der Waals surface area contributed by atoms with Crippen molar-refractivity contribution in [2.75, 3.05) is 32.1 Å². The fourth-order valence-corrected chi connectivity index (χ4v) is 4.88. The van der Waals surface area contributed by atoms with Crippen LogP contribution in [0.25, 0.3) is 0 Å². The summed E-state index contributed by atoms with van der Waals surface area (Å²) in [5, 5.41) is 0. The van der Waals surface area contributed by atoms with Crippen LogP contribution in [0.5, 0.6) is 0 Å². The molecule has 1 aliphatic heterocycles. The first-order valence-electron chi connectivity index (χ1n) is 9.27. The maximum atomic E-state index is 12.4. The SMILES string of the molecule is CC1CC(C)CN(CCCNS(=O)(=O)c2ccc(CCCCl)cc2)C1. The first-order valence-corrected chi connectivity index (χ1v) is 11.3. The molecule has 0 spiro atoms. The molecule has 2 unspecified atom stereocenters. The Morgan fingerprint density at radius 3 is 2.36 bits per heavy atom. The largest absolute Gasteiger partial charge is 0.303 e. The molecule has 0 amide bonds. The summed E-state index contributed by atoms with van der Waals surface area (Å²) in [5.74, 6) is 2.09. The molecule has 1 heterocycles. The highest BCUT2D eigenvalue weighted by Crippen LogP contribution is 2.20. The van der Waals surface area contributed by atoms with E-state index in [1.165, 1.54) is 6.42 Å². The molecule has 6 heteroatoms. The molecule has 2 atom stereocenters. The van der Waals surface area contributed by atoms with Gasteiger partial charge in [0, 0.05) is 25.5 Å². The molecule has 0 radical (unpaired) electrons. The zero-order valence-electron chi connectivity index (χ0n) is 15.4. The molecule has 2 rings (SSSR count). The number of hydrogen-bond donors (Lipinski definition) is 1. The average Bonchev–Trinajstić information content (AvgIpc) is 2.56. The topological polar surface area (TPSA) is 49.4 Å². The summed E-state index contributed by atoms with van der Waals surface area (Å²) in [4.78, 5) is 2.79. The van der Waals surface area contributed by atoms with Crippen LogP contribution in [-0.2, 0) is 16.4 Å². The van der Waals surface area contributed by atoms with E-state index in [1.807, 2.05) is 12.1 Å². The van der Waals surface area contributed by atoms with E-state index in [2.05, 4.69) is 23.5 Å². The summed E-state index contributed by atoms with van der Waals surface area (Å²) in [6.07, 6.45) is 3.92. The van der Waals surface area contributed by atoms with Crippen molar-refractivity contribution in [2.45, 2.75) is 44.4 Å². The third kappa shape index (κ3) is 6.89. The number of nitrogens with one attached hydrogen (secondary N) is 1. The second kappa shape index (κ2) is 9.91. The third-order valence-corrected chi connectivity index (χ3v) is 6.46. The van der Waals surface area contributed by atoms with Crippen molar-refractivity contribution in [2.24, 2.45) is 11.8 Å². The summed E-state index contributed by atoms with van der Waals surface area (Å²) < 4.78 is 27.5. The van der Waals surface area contributed by atoms with Crippen LogP contribution in [0.15, 0.2) is 29.2 Å². The van der Waals surface area contributed by atoms with Crippen LogP contribution in [0.1, 0.15) is 38.7 Å². The molecule has 0 saturated carbocycles. The molecule has 0 bridgehead atoms. The minimum atomic E-state index is -3.42. The molecule has 142 valence electrons. The van der Waals surface area contributed by atoms with E-state index in [1.54, 1.807) is 12.1 Å². The van der Waals surface area contributed by atoms with Gasteiger partial charge >= 0.3 is 0 Å². The fourth-order valence-electron chi connectivity index (χ4n) is 3.67. The number of halogens is 1. The van der Waals surface area contributed by atoms with Gasteiger partial charge in [0.2, 0.25) is 10.0 Å². The number of benzene rings is 1. The molecular weight excluding hydrogens is 356 g/mol.